The summed E-state index contributed by atoms with van der Waals surface area (Å²) in [4.78, 5) is 27.5. The minimum absolute atomic E-state index is 0.0710. The first kappa shape index (κ1) is 21.2. The number of anilines is 1. The van der Waals surface area contributed by atoms with Crippen molar-refractivity contribution in [3.63, 3.8) is 0 Å². The maximum absolute atomic E-state index is 13.0. The number of benzene rings is 1. The van der Waals surface area contributed by atoms with E-state index in [1.807, 2.05) is 4.90 Å². The average molecular weight is 387 g/mol. The minimum Gasteiger partial charge on any atom is -0.396 e. The number of nitrogens with one attached hydrogen (secondary N) is 1. The topological polar surface area (TPSA) is 72.9 Å². The lowest BCUT2D eigenvalue weighted by atomic mass is 9.99. The van der Waals surface area contributed by atoms with Crippen molar-refractivity contribution in [1.82, 2.24) is 9.80 Å². The van der Waals surface area contributed by atoms with Gasteiger partial charge in [-0.15, -0.1) is 0 Å². The van der Waals surface area contributed by atoms with Gasteiger partial charge in [0.1, 0.15) is 0 Å². The molecule has 0 radical (unpaired) electrons. The second-order valence-electron chi connectivity index (χ2n) is 6.77. The van der Waals surface area contributed by atoms with Crippen LogP contribution in [0.4, 0.5) is 18.9 Å². The number of hydrogen-bond donors (Lipinski definition) is 2. The number of carbonyl (C=O) groups excluding carboxylic acids is 2. The molecule has 0 spiro atoms. The van der Waals surface area contributed by atoms with Gasteiger partial charge in [0.2, 0.25) is 11.8 Å². The lowest BCUT2D eigenvalue weighted by Gasteiger charge is -2.32. The van der Waals surface area contributed by atoms with Crippen LogP contribution in [0.3, 0.4) is 0 Å². The molecule has 0 aromatic heterocycles. The molecule has 1 saturated heterocycles. The Morgan fingerprint density at radius 3 is 2.70 bits per heavy atom. The van der Waals surface area contributed by atoms with Gasteiger partial charge in [-0.2, -0.15) is 13.2 Å². The Kier molecular flexibility index (Phi) is 7.20. The van der Waals surface area contributed by atoms with Crippen LogP contribution in [-0.2, 0) is 15.8 Å². The lowest BCUT2D eigenvalue weighted by Crippen LogP contribution is -2.45. The molecule has 0 saturated carbocycles. The van der Waals surface area contributed by atoms with Crippen molar-refractivity contribution in [1.29, 1.82) is 0 Å². The Balaban J connectivity index is 1.89. The first-order valence-electron chi connectivity index (χ1n) is 8.74. The van der Waals surface area contributed by atoms with Crippen LogP contribution < -0.4 is 5.32 Å². The molecule has 1 fully saturated rings. The molecule has 9 heteroatoms. The molecule has 2 amide bonds. The van der Waals surface area contributed by atoms with Crippen molar-refractivity contribution >= 4 is 17.5 Å². The average Bonchev–Trinajstić information content (AvgIpc) is 2.61. The smallest absolute Gasteiger partial charge is 0.396 e. The summed E-state index contributed by atoms with van der Waals surface area (Å²) in [5.74, 6) is -0.860. The molecular weight excluding hydrogens is 363 g/mol. The molecule has 6 nitrogen and oxygen atoms in total. The molecule has 2 rings (SSSR count). The summed E-state index contributed by atoms with van der Waals surface area (Å²) < 4.78 is 38.9. The van der Waals surface area contributed by atoms with Gasteiger partial charge in [-0.05, 0) is 37.4 Å². The zero-order valence-corrected chi connectivity index (χ0v) is 15.1. The Labute approximate surface area is 155 Å². The number of aliphatic hydroxyl groups excluding tert-OH is 1. The number of piperidine rings is 1. The number of para-hydroxylation sites is 1. The quantitative estimate of drug-likeness (QED) is 0.781. The third kappa shape index (κ3) is 6.21. The summed E-state index contributed by atoms with van der Waals surface area (Å²) in [6.45, 7) is 1.19. The number of halogens is 3. The number of likely N-dealkylation sites (tertiary alicyclic amines) is 1. The fourth-order valence-electron chi connectivity index (χ4n) is 3.09. The first-order chi connectivity index (χ1) is 12.7. The lowest BCUT2D eigenvalue weighted by molar-refractivity contribution is -0.137. The SMILES string of the molecule is CN(CC(=O)Nc1ccccc1C(F)(F)F)C(=O)CN1CCCC(CO)C1. The number of hydrogen-bond acceptors (Lipinski definition) is 4. The number of alkyl halides is 3. The number of nitrogens with zero attached hydrogens (tertiary/aromatic N) is 2. The minimum atomic E-state index is -4.58. The maximum atomic E-state index is 13.0. The summed E-state index contributed by atoms with van der Waals surface area (Å²) >= 11 is 0. The van der Waals surface area contributed by atoms with Gasteiger partial charge in [0, 0.05) is 20.2 Å². The van der Waals surface area contributed by atoms with E-state index in [2.05, 4.69) is 5.32 Å². The highest BCUT2D eigenvalue weighted by Gasteiger charge is 2.33. The van der Waals surface area contributed by atoms with E-state index in [9.17, 15) is 27.9 Å². The Morgan fingerprint density at radius 2 is 2.04 bits per heavy atom. The molecule has 1 unspecified atom stereocenters. The van der Waals surface area contributed by atoms with E-state index >= 15 is 0 Å². The van der Waals surface area contributed by atoms with Crippen LogP contribution in [0.25, 0.3) is 0 Å². The summed E-state index contributed by atoms with van der Waals surface area (Å²) in [5, 5.41) is 11.5. The summed E-state index contributed by atoms with van der Waals surface area (Å²) in [6.07, 6.45) is -2.78. The van der Waals surface area contributed by atoms with Crippen molar-refractivity contribution in [2.24, 2.45) is 5.92 Å². The second-order valence-corrected chi connectivity index (χ2v) is 6.77. The number of likely N-dealkylation sites (N-methyl/N-ethyl adjacent to an activating group) is 1. The van der Waals surface area contributed by atoms with Gasteiger partial charge in [-0.1, -0.05) is 12.1 Å². The van der Waals surface area contributed by atoms with Gasteiger partial charge >= 0.3 is 6.18 Å². The van der Waals surface area contributed by atoms with Gasteiger partial charge in [-0.25, -0.2) is 0 Å². The van der Waals surface area contributed by atoms with Crippen molar-refractivity contribution in [2.75, 3.05) is 45.2 Å². The maximum Gasteiger partial charge on any atom is 0.418 e. The summed E-state index contributed by atoms with van der Waals surface area (Å²) in [7, 11) is 1.44. The zero-order chi connectivity index (χ0) is 20.0. The molecule has 1 heterocycles. The third-order valence-electron chi connectivity index (χ3n) is 4.53. The molecule has 1 aromatic carbocycles. The molecule has 0 aliphatic carbocycles. The van der Waals surface area contributed by atoms with E-state index in [1.54, 1.807) is 0 Å². The van der Waals surface area contributed by atoms with E-state index in [1.165, 1.54) is 30.1 Å². The normalized spacial score (nSPS) is 18.2. The number of amides is 2. The van der Waals surface area contributed by atoms with Gasteiger partial charge in [0.25, 0.3) is 0 Å². The van der Waals surface area contributed by atoms with Crippen molar-refractivity contribution in [2.45, 2.75) is 19.0 Å². The Morgan fingerprint density at radius 1 is 1.33 bits per heavy atom. The van der Waals surface area contributed by atoms with Gasteiger partial charge in [-0.3, -0.25) is 14.5 Å². The van der Waals surface area contributed by atoms with Crippen LogP contribution in [0.1, 0.15) is 18.4 Å². The monoisotopic (exact) mass is 387 g/mol. The standard InChI is InChI=1S/C18H24F3N3O3/c1-23(17(27)11-24-8-4-5-13(9-24)12-25)10-16(26)22-15-7-3-2-6-14(15)18(19,20)21/h2-3,6-7,13,25H,4-5,8-12H2,1H3,(H,22,26). The molecule has 2 N–H and O–H groups in total. The summed E-state index contributed by atoms with van der Waals surface area (Å²) in [5.41, 5.74) is -1.27. The highest BCUT2D eigenvalue weighted by Crippen LogP contribution is 2.34. The number of aliphatic hydroxyl groups is 1. The molecule has 0 bridgehead atoms. The van der Waals surface area contributed by atoms with E-state index in [0.717, 1.165) is 25.5 Å². The van der Waals surface area contributed by atoms with E-state index in [4.69, 9.17) is 0 Å². The predicted octanol–water partition coefficient (Wildman–Crippen LogP) is 1.81. The summed E-state index contributed by atoms with van der Waals surface area (Å²) in [6, 6.07) is 4.70. The van der Waals surface area contributed by atoms with Crippen molar-refractivity contribution in [3.8, 4) is 0 Å². The van der Waals surface area contributed by atoms with E-state index < -0.39 is 17.6 Å². The fraction of sp³-hybridized carbons (Fsp3) is 0.556. The van der Waals surface area contributed by atoms with E-state index in [0.29, 0.717) is 6.54 Å². The highest BCUT2D eigenvalue weighted by atomic mass is 19.4. The molecule has 27 heavy (non-hydrogen) atoms. The molecule has 1 aliphatic rings. The largest absolute Gasteiger partial charge is 0.418 e. The molecule has 150 valence electrons. The Hall–Kier alpha value is -2.13. The third-order valence-corrected chi connectivity index (χ3v) is 4.53. The molecule has 1 atom stereocenters. The molecule has 1 aliphatic heterocycles. The van der Waals surface area contributed by atoms with Crippen LogP contribution in [0.5, 0.6) is 0 Å². The first-order valence-corrected chi connectivity index (χ1v) is 8.74. The molecule has 1 aromatic rings. The van der Waals surface area contributed by atoms with Crippen LogP contribution in [0, 0.1) is 5.92 Å². The highest BCUT2D eigenvalue weighted by molar-refractivity contribution is 5.95. The van der Waals surface area contributed by atoms with Gasteiger partial charge in [0.05, 0.1) is 24.3 Å². The number of rotatable bonds is 6. The second kappa shape index (κ2) is 9.18. The van der Waals surface area contributed by atoms with Crippen LogP contribution >= 0.6 is 0 Å². The van der Waals surface area contributed by atoms with Gasteiger partial charge < -0.3 is 15.3 Å². The predicted molar refractivity (Wildman–Crippen MR) is 94.0 cm³/mol. The van der Waals surface area contributed by atoms with Crippen LogP contribution in [-0.4, -0.2) is 66.6 Å². The van der Waals surface area contributed by atoms with Crippen molar-refractivity contribution < 1.29 is 27.9 Å². The zero-order valence-electron chi connectivity index (χ0n) is 15.1. The van der Waals surface area contributed by atoms with Gasteiger partial charge in [0.15, 0.2) is 0 Å². The van der Waals surface area contributed by atoms with Crippen LogP contribution in [0.2, 0.25) is 0 Å². The van der Waals surface area contributed by atoms with E-state index in [-0.39, 0.29) is 37.2 Å². The molecular formula is C18H24F3N3O3. The number of carbonyl (C=O) groups is 2. The van der Waals surface area contributed by atoms with Crippen LogP contribution in [0.15, 0.2) is 24.3 Å². The van der Waals surface area contributed by atoms with Crippen molar-refractivity contribution in [3.05, 3.63) is 29.8 Å². The Bertz CT molecular complexity index is 667. The fourth-order valence-corrected chi connectivity index (χ4v) is 3.09.